The van der Waals surface area contributed by atoms with E-state index >= 15 is 0 Å². The Bertz CT molecular complexity index is 256. The van der Waals surface area contributed by atoms with E-state index in [9.17, 15) is 0 Å². The van der Waals surface area contributed by atoms with Gasteiger partial charge in [-0.1, -0.05) is 11.6 Å². The van der Waals surface area contributed by atoms with E-state index in [-0.39, 0.29) is 0 Å². The molecule has 0 spiro atoms. The quantitative estimate of drug-likeness (QED) is 0.694. The van der Waals surface area contributed by atoms with Crippen LogP contribution in [0.3, 0.4) is 0 Å². The van der Waals surface area contributed by atoms with Gasteiger partial charge in [-0.2, -0.15) is 11.8 Å². The van der Waals surface area contributed by atoms with Gasteiger partial charge in [-0.15, -0.1) is 0 Å². The van der Waals surface area contributed by atoms with Crippen LogP contribution in [-0.2, 0) is 0 Å². The highest BCUT2D eigenvalue weighted by Gasteiger charge is 2.22. The van der Waals surface area contributed by atoms with Crippen molar-refractivity contribution >= 4 is 23.4 Å². The van der Waals surface area contributed by atoms with Gasteiger partial charge in [0, 0.05) is 16.0 Å². The summed E-state index contributed by atoms with van der Waals surface area (Å²) in [5, 5.41) is 1.48. The molecule has 1 nitrogen and oxygen atoms in total. The number of hydrogen-bond acceptors (Lipinski definition) is 2. The van der Waals surface area contributed by atoms with Gasteiger partial charge in [0.1, 0.15) is 12.4 Å². The van der Waals surface area contributed by atoms with Crippen LogP contribution in [0.4, 0.5) is 0 Å². The fourth-order valence-corrected chi connectivity index (χ4v) is 1.41. The summed E-state index contributed by atoms with van der Waals surface area (Å²) in [5.74, 6) is 2.15. The second kappa shape index (κ2) is 3.58. The largest absolute Gasteiger partial charge is 0.492 e. The van der Waals surface area contributed by atoms with Gasteiger partial charge in [0.25, 0.3) is 0 Å². The molecule has 0 aromatic heterocycles. The van der Waals surface area contributed by atoms with E-state index in [4.69, 9.17) is 16.3 Å². The third-order valence-corrected chi connectivity index (χ3v) is 2.84. The maximum Gasteiger partial charge on any atom is 0.119 e. The SMILES string of the molecule is Clc1ccc(OCC2CS2)cc1. The fraction of sp³-hybridized carbons (Fsp3) is 0.333. The van der Waals surface area contributed by atoms with Crippen molar-refractivity contribution in [1.29, 1.82) is 0 Å². The van der Waals surface area contributed by atoms with Gasteiger partial charge in [-0.3, -0.25) is 0 Å². The van der Waals surface area contributed by atoms with Gasteiger partial charge < -0.3 is 4.74 Å². The summed E-state index contributed by atoms with van der Waals surface area (Å²) in [7, 11) is 0. The first-order valence-electron chi connectivity index (χ1n) is 3.84. The molecule has 1 atom stereocenters. The molecule has 1 fully saturated rings. The van der Waals surface area contributed by atoms with Crippen molar-refractivity contribution in [2.45, 2.75) is 5.25 Å². The van der Waals surface area contributed by atoms with E-state index in [2.05, 4.69) is 0 Å². The molecule has 1 saturated heterocycles. The fourth-order valence-electron chi connectivity index (χ4n) is 0.884. The van der Waals surface area contributed by atoms with Crippen LogP contribution >= 0.6 is 23.4 Å². The van der Waals surface area contributed by atoms with Crippen LogP contribution < -0.4 is 4.74 Å². The molecule has 64 valence electrons. The smallest absolute Gasteiger partial charge is 0.119 e. The maximum atomic E-state index is 5.73. The minimum atomic E-state index is 0.723. The normalized spacial score (nSPS) is 20.6. The molecule has 0 radical (unpaired) electrons. The summed E-state index contributed by atoms with van der Waals surface area (Å²) in [6, 6.07) is 7.48. The Kier molecular flexibility index (Phi) is 2.47. The molecule has 3 heteroatoms. The summed E-state index contributed by atoms with van der Waals surface area (Å²) in [4.78, 5) is 0. The zero-order valence-electron chi connectivity index (χ0n) is 6.50. The molecule has 0 aliphatic carbocycles. The standard InChI is InChI=1S/C9H9ClOS/c10-7-1-3-8(4-2-7)11-5-9-6-12-9/h1-4,9H,5-6H2. The summed E-state index contributed by atoms with van der Waals surface area (Å²) in [5.41, 5.74) is 0. The van der Waals surface area contributed by atoms with Gasteiger partial charge >= 0.3 is 0 Å². The molecular weight excluding hydrogens is 192 g/mol. The van der Waals surface area contributed by atoms with E-state index in [1.807, 2.05) is 36.0 Å². The lowest BCUT2D eigenvalue weighted by atomic mass is 10.3. The molecule has 2 rings (SSSR count). The van der Waals surface area contributed by atoms with E-state index in [0.29, 0.717) is 0 Å². The van der Waals surface area contributed by atoms with Crippen LogP contribution in [0.2, 0.25) is 5.02 Å². The van der Waals surface area contributed by atoms with Gasteiger partial charge in [-0.05, 0) is 24.3 Å². The topological polar surface area (TPSA) is 9.23 Å². The Hall–Kier alpha value is -0.340. The molecular formula is C9H9ClOS. The predicted octanol–water partition coefficient (Wildman–Crippen LogP) is 2.83. The van der Waals surface area contributed by atoms with Crippen molar-refractivity contribution in [3.05, 3.63) is 29.3 Å². The zero-order chi connectivity index (χ0) is 8.39. The van der Waals surface area contributed by atoms with E-state index < -0.39 is 0 Å². The first-order valence-corrected chi connectivity index (χ1v) is 5.27. The van der Waals surface area contributed by atoms with Crippen LogP contribution in [-0.4, -0.2) is 17.6 Å². The average Bonchev–Trinajstić information content (AvgIpc) is 2.87. The van der Waals surface area contributed by atoms with Crippen molar-refractivity contribution in [1.82, 2.24) is 0 Å². The highest BCUT2D eigenvalue weighted by atomic mass is 35.5. The Morgan fingerprint density at radius 2 is 2.08 bits per heavy atom. The van der Waals surface area contributed by atoms with Gasteiger partial charge in [0.15, 0.2) is 0 Å². The Balaban J connectivity index is 1.89. The van der Waals surface area contributed by atoms with Crippen molar-refractivity contribution in [3.8, 4) is 5.75 Å². The number of halogens is 1. The molecule has 1 aliphatic heterocycles. The monoisotopic (exact) mass is 200 g/mol. The predicted molar refractivity (Wildman–Crippen MR) is 53.2 cm³/mol. The molecule has 1 aliphatic rings. The summed E-state index contributed by atoms with van der Waals surface area (Å²) >= 11 is 7.67. The van der Waals surface area contributed by atoms with E-state index in [0.717, 1.165) is 22.6 Å². The number of rotatable bonds is 3. The molecule has 1 unspecified atom stereocenters. The highest BCUT2D eigenvalue weighted by Crippen LogP contribution is 2.30. The van der Waals surface area contributed by atoms with Crippen LogP contribution in [0.1, 0.15) is 0 Å². The third kappa shape index (κ3) is 2.32. The summed E-state index contributed by atoms with van der Waals surface area (Å²) in [6.07, 6.45) is 0. The zero-order valence-corrected chi connectivity index (χ0v) is 8.07. The Labute approximate surface area is 81.1 Å². The van der Waals surface area contributed by atoms with Crippen molar-refractivity contribution in [2.24, 2.45) is 0 Å². The first-order chi connectivity index (χ1) is 5.84. The lowest BCUT2D eigenvalue weighted by Gasteiger charge is -2.03. The van der Waals surface area contributed by atoms with Crippen LogP contribution in [0, 0.1) is 0 Å². The molecule has 0 saturated carbocycles. The average molecular weight is 201 g/mol. The van der Waals surface area contributed by atoms with Crippen LogP contribution in [0.25, 0.3) is 0 Å². The van der Waals surface area contributed by atoms with Crippen molar-refractivity contribution in [3.63, 3.8) is 0 Å². The van der Waals surface area contributed by atoms with Gasteiger partial charge in [-0.25, -0.2) is 0 Å². The Morgan fingerprint density at radius 1 is 1.42 bits per heavy atom. The minimum absolute atomic E-state index is 0.723. The van der Waals surface area contributed by atoms with Crippen LogP contribution in [0.5, 0.6) is 5.75 Å². The second-order valence-electron chi connectivity index (χ2n) is 2.72. The second-order valence-corrected chi connectivity index (χ2v) is 4.49. The summed E-state index contributed by atoms with van der Waals surface area (Å²) in [6.45, 7) is 0.826. The lowest BCUT2D eigenvalue weighted by molar-refractivity contribution is 0.330. The number of thioether (sulfide) groups is 1. The molecule has 1 aromatic carbocycles. The van der Waals surface area contributed by atoms with E-state index in [1.165, 1.54) is 5.75 Å². The van der Waals surface area contributed by atoms with Crippen molar-refractivity contribution in [2.75, 3.05) is 12.4 Å². The number of ether oxygens (including phenoxy) is 1. The molecule has 0 amide bonds. The van der Waals surface area contributed by atoms with Gasteiger partial charge in [0.05, 0.1) is 0 Å². The van der Waals surface area contributed by atoms with Gasteiger partial charge in [0.2, 0.25) is 0 Å². The first kappa shape index (κ1) is 8.27. The molecule has 0 N–H and O–H groups in total. The molecule has 0 bridgehead atoms. The Morgan fingerprint density at radius 3 is 2.67 bits per heavy atom. The minimum Gasteiger partial charge on any atom is -0.492 e. The lowest BCUT2D eigenvalue weighted by Crippen LogP contribution is -2.02. The number of benzene rings is 1. The molecule has 1 heterocycles. The van der Waals surface area contributed by atoms with E-state index in [1.54, 1.807) is 0 Å². The summed E-state index contributed by atoms with van der Waals surface area (Å²) < 4.78 is 5.51. The molecule has 12 heavy (non-hydrogen) atoms. The number of hydrogen-bond donors (Lipinski definition) is 0. The highest BCUT2D eigenvalue weighted by molar-refractivity contribution is 8.06. The molecule has 1 aromatic rings. The third-order valence-electron chi connectivity index (χ3n) is 1.65. The maximum absolute atomic E-state index is 5.73. The van der Waals surface area contributed by atoms with Crippen LogP contribution in [0.15, 0.2) is 24.3 Å². The van der Waals surface area contributed by atoms with Crippen molar-refractivity contribution < 1.29 is 4.74 Å².